The van der Waals surface area contributed by atoms with E-state index in [0.29, 0.717) is 0 Å². The quantitative estimate of drug-likeness (QED) is 0.660. The molecule has 0 radical (unpaired) electrons. The van der Waals surface area contributed by atoms with E-state index >= 15 is 0 Å². The second-order valence-electron chi connectivity index (χ2n) is 4.68. The first-order valence-electron chi connectivity index (χ1n) is 5.78. The minimum atomic E-state index is 0.733. The molecule has 0 aromatic rings. The SMILES string of the molecule is CCN1CCC2(CCNCC2)CC1. The van der Waals surface area contributed by atoms with Gasteiger partial charge in [-0.2, -0.15) is 0 Å². The molecule has 76 valence electrons. The van der Waals surface area contributed by atoms with Crippen LogP contribution in [0.5, 0.6) is 0 Å². The van der Waals surface area contributed by atoms with E-state index in [0.717, 1.165) is 5.41 Å². The van der Waals surface area contributed by atoms with Gasteiger partial charge >= 0.3 is 0 Å². The molecule has 2 heterocycles. The lowest BCUT2D eigenvalue weighted by molar-refractivity contribution is 0.0770. The standard InChI is InChI=1S/C11H22N2/c1-2-13-9-5-11(6-10-13)3-7-12-8-4-11/h12H,2-10H2,1H3. The molecular formula is C11H22N2. The molecule has 0 amide bonds. The summed E-state index contributed by atoms with van der Waals surface area (Å²) >= 11 is 0. The Morgan fingerprint density at radius 1 is 1.08 bits per heavy atom. The first kappa shape index (κ1) is 9.47. The number of rotatable bonds is 1. The topological polar surface area (TPSA) is 15.3 Å². The Balaban J connectivity index is 1.87. The largest absolute Gasteiger partial charge is 0.317 e. The number of nitrogens with one attached hydrogen (secondary N) is 1. The zero-order chi connectivity index (χ0) is 9.15. The third kappa shape index (κ3) is 2.05. The maximum Gasteiger partial charge on any atom is -0.00135 e. The van der Waals surface area contributed by atoms with E-state index < -0.39 is 0 Å². The van der Waals surface area contributed by atoms with Crippen molar-refractivity contribution >= 4 is 0 Å². The molecular weight excluding hydrogens is 160 g/mol. The number of piperidine rings is 2. The van der Waals surface area contributed by atoms with Crippen molar-refractivity contribution < 1.29 is 0 Å². The molecule has 2 saturated heterocycles. The predicted octanol–water partition coefficient (Wildman–Crippen LogP) is 1.47. The van der Waals surface area contributed by atoms with Gasteiger partial charge in [-0.25, -0.2) is 0 Å². The molecule has 0 unspecified atom stereocenters. The predicted molar refractivity (Wildman–Crippen MR) is 55.9 cm³/mol. The average Bonchev–Trinajstić information content (AvgIpc) is 2.20. The molecule has 2 aliphatic rings. The van der Waals surface area contributed by atoms with E-state index in [-0.39, 0.29) is 0 Å². The number of likely N-dealkylation sites (tertiary alicyclic amines) is 1. The third-order valence-corrected chi connectivity index (χ3v) is 4.03. The Bertz CT molecular complexity index is 151. The minimum absolute atomic E-state index is 0.733. The van der Waals surface area contributed by atoms with Gasteiger partial charge in [0.05, 0.1) is 0 Å². The Morgan fingerprint density at radius 2 is 1.69 bits per heavy atom. The highest BCUT2D eigenvalue weighted by Crippen LogP contribution is 2.39. The van der Waals surface area contributed by atoms with Crippen molar-refractivity contribution in [1.29, 1.82) is 0 Å². The van der Waals surface area contributed by atoms with Crippen LogP contribution in [0.3, 0.4) is 0 Å². The Hall–Kier alpha value is -0.0800. The molecule has 2 nitrogen and oxygen atoms in total. The van der Waals surface area contributed by atoms with Gasteiger partial charge in [-0.1, -0.05) is 6.92 Å². The summed E-state index contributed by atoms with van der Waals surface area (Å²) in [5.41, 5.74) is 0.733. The fourth-order valence-corrected chi connectivity index (χ4v) is 2.80. The zero-order valence-electron chi connectivity index (χ0n) is 8.81. The summed E-state index contributed by atoms with van der Waals surface area (Å²) in [6.45, 7) is 8.72. The molecule has 0 atom stereocenters. The Labute approximate surface area is 81.7 Å². The number of hydrogen-bond acceptors (Lipinski definition) is 2. The molecule has 0 aliphatic carbocycles. The van der Waals surface area contributed by atoms with Gasteiger partial charge in [-0.3, -0.25) is 0 Å². The van der Waals surface area contributed by atoms with Crippen LogP contribution in [0.4, 0.5) is 0 Å². The lowest BCUT2D eigenvalue weighted by Gasteiger charge is -2.44. The van der Waals surface area contributed by atoms with Crippen LogP contribution in [0.25, 0.3) is 0 Å². The average molecular weight is 182 g/mol. The molecule has 0 aromatic carbocycles. The van der Waals surface area contributed by atoms with Crippen molar-refractivity contribution in [2.45, 2.75) is 32.6 Å². The highest BCUT2D eigenvalue weighted by Gasteiger charge is 2.34. The zero-order valence-corrected chi connectivity index (χ0v) is 8.81. The lowest BCUT2D eigenvalue weighted by atomic mass is 9.71. The number of nitrogens with zero attached hydrogens (tertiary/aromatic N) is 1. The maximum absolute atomic E-state index is 3.47. The molecule has 1 spiro atoms. The van der Waals surface area contributed by atoms with Gasteiger partial charge in [0.25, 0.3) is 0 Å². The summed E-state index contributed by atoms with van der Waals surface area (Å²) < 4.78 is 0. The number of hydrogen-bond donors (Lipinski definition) is 1. The molecule has 13 heavy (non-hydrogen) atoms. The van der Waals surface area contributed by atoms with Crippen LogP contribution >= 0.6 is 0 Å². The van der Waals surface area contributed by atoms with Crippen LogP contribution in [0.15, 0.2) is 0 Å². The van der Waals surface area contributed by atoms with Crippen LogP contribution in [-0.2, 0) is 0 Å². The Morgan fingerprint density at radius 3 is 2.23 bits per heavy atom. The first-order valence-corrected chi connectivity index (χ1v) is 5.78. The van der Waals surface area contributed by atoms with Crippen LogP contribution in [-0.4, -0.2) is 37.6 Å². The van der Waals surface area contributed by atoms with E-state index in [9.17, 15) is 0 Å². The lowest BCUT2D eigenvalue weighted by Crippen LogP contribution is -2.45. The molecule has 2 aliphatic heterocycles. The van der Waals surface area contributed by atoms with E-state index in [4.69, 9.17) is 0 Å². The van der Waals surface area contributed by atoms with Crippen LogP contribution in [0.2, 0.25) is 0 Å². The smallest absolute Gasteiger partial charge is 0.00135 e. The third-order valence-electron chi connectivity index (χ3n) is 4.03. The monoisotopic (exact) mass is 182 g/mol. The van der Waals surface area contributed by atoms with Crippen LogP contribution in [0, 0.1) is 5.41 Å². The van der Waals surface area contributed by atoms with Crippen molar-refractivity contribution in [3.8, 4) is 0 Å². The summed E-state index contributed by atoms with van der Waals surface area (Å²) in [5.74, 6) is 0. The van der Waals surface area contributed by atoms with Crippen molar-refractivity contribution in [2.75, 3.05) is 32.7 Å². The second kappa shape index (κ2) is 3.97. The fraction of sp³-hybridized carbons (Fsp3) is 1.00. The normalized spacial score (nSPS) is 29.3. The van der Waals surface area contributed by atoms with Gasteiger partial charge < -0.3 is 10.2 Å². The van der Waals surface area contributed by atoms with Crippen molar-refractivity contribution in [1.82, 2.24) is 10.2 Å². The van der Waals surface area contributed by atoms with E-state index in [2.05, 4.69) is 17.1 Å². The van der Waals surface area contributed by atoms with Gasteiger partial charge in [0.15, 0.2) is 0 Å². The van der Waals surface area contributed by atoms with Gasteiger partial charge in [-0.05, 0) is 63.8 Å². The summed E-state index contributed by atoms with van der Waals surface area (Å²) in [6.07, 6.45) is 5.74. The van der Waals surface area contributed by atoms with Crippen LogP contribution in [0.1, 0.15) is 32.6 Å². The maximum atomic E-state index is 3.47. The molecule has 0 saturated carbocycles. The van der Waals surface area contributed by atoms with Gasteiger partial charge in [0.1, 0.15) is 0 Å². The van der Waals surface area contributed by atoms with Crippen LogP contribution < -0.4 is 5.32 Å². The first-order chi connectivity index (χ1) is 6.35. The van der Waals surface area contributed by atoms with Crippen molar-refractivity contribution in [2.24, 2.45) is 5.41 Å². The molecule has 2 rings (SSSR count). The van der Waals surface area contributed by atoms with Crippen molar-refractivity contribution in [3.05, 3.63) is 0 Å². The van der Waals surface area contributed by atoms with Gasteiger partial charge in [0.2, 0.25) is 0 Å². The Kier molecular flexibility index (Phi) is 2.89. The van der Waals surface area contributed by atoms with E-state index in [1.165, 1.54) is 58.4 Å². The molecule has 0 aromatic heterocycles. The minimum Gasteiger partial charge on any atom is -0.317 e. The molecule has 0 bridgehead atoms. The molecule has 2 fully saturated rings. The summed E-state index contributed by atoms with van der Waals surface area (Å²) in [4.78, 5) is 2.59. The summed E-state index contributed by atoms with van der Waals surface area (Å²) in [6, 6.07) is 0. The summed E-state index contributed by atoms with van der Waals surface area (Å²) in [5, 5.41) is 3.47. The summed E-state index contributed by atoms with van der Waals surface area (Å²) in [7, 11) is 0. The van der Waals surface area contributed by atoms with E-state index in [1.807, 2.05) is 0 Å². The van der Waals surface area contributed by atoms with Crippen molar-refractivity contribution in [3.63, 3.8) is 0 Å². The highest BCUT2D eigenvalue weighted by atomic mass is 15.1. The highest BCUT2D eigenvalue weighted by molar-refractivity contribution is 4.89. The molecule has 2 heteroatoms. The van der Waals surface area contributed by atoms with Gasteiger partial charge in [0, 0.05) is 0 Å². The second-order valence-corrected chi connectivity index (χ2v) is 4.68. The fourth-order valence-electron chi connectivity index (χ4n) is 2.80. The molecule has 1 N–H and O–H groups in total. The van der Waals surface area contributed by atoms with Gasteiger partial charge in [-0.15, -0.1) is 0 Å². The van der Waals surface area contributed by atoms with E-state index in [1.54, 1.807) is 0 Å².